The number of hydrogen-bond donors (Lipinski definition) is 0. The van der Waals surface area contributed by atoms with Gasteiger partial charge in [-0.3, -0.25) is 4.79 Å². The summed E-state index contributed by atoms with van der Waals surface area (Å²) in [6.45, 7) is 9.42. The molecule has 3 heterocycles. The number of rotatable bonds is 19. The first-order valence-corrected chi connectivity index (χ1v) is 28.6. The van der Waals surface area contributed by atoms with Crippen LogP contribution < -0.4 is 4.90 Å². The molecule has 2 aromatic heterocycles. The first-order chi connectivity index (χ1) is 32.9. The maximum atomic E-state index is 11.4. The lowest BCUT2D eigenvalue weighted by Gasteiger charge is -2.36. The lowest BCUT2D eigenvalue weighted by atomic mass is 9.69. The fraction of sp³-hybridized carbons (Fsp3) is 0.361. The van der Waals surface area contributed by atoms with Gasteiger partial charge in [-0.1, -0.05) is 146 Å². The molecule has 1 aliphatic heterocycles. The highest BCUT2D eigenvalue weighted by Crippen LogP contribution is 2.59. The molecule has 10 rings (SSSR count). The summed E-state index contributed by atoms with van der Waals surface area (Å²) in [6, 6.07) is 40.2. The number of thioether (sulfide) groups is 1. The summed E-state index contributed by atoms with van der Waals surface area (Å²) in [7, 11) is 0. The van der Waals surface area contributed by atoms with E-state index in [2.05, 4.69) is 164 Å². The minimum absolute atomic E-state index is 0.00651. The van der Waals surface area contributed by atoms with Crippen molar-refractivity contribution >= 4 is 84.2 Å². The molecule has 2 nitrogen and oxygen atoms in total. The van der Waals surface area contributed by atoms with Gasteiger partial charge in [-0.15, -0.1) is 34.4 Å². The summed E-state index contributed by atoms with van der Waals surface area (Å²) in [6.07, 6.45) is 26.0. The maximum absolute atomic E-state index is 11.4. The Morgan fingerprint density at radius 1 is 0.657 bits per heavy atom. The van der Waals surface area contributed by atoms with Crippen molar-refractivity contribution < 1.29 is 4.79 Å². The summed E-state index contributed by atoms with van der Waals surface area (Å²) < 4.78 is 1.18. The van der Waals surface area contributed by atoms with E-state index in [9.17, 15) is 4.79 Å². The summed E-state index contributed by atoms with van der Waals surface area (Å²) >= 11 is 9.40. The predicted octanol–water partition coefficient (Wildman–Crippen LogP) is 20.1. The van der Waals surface area contributed by atoms with E-state index in [4.69, 9.17) is 0 Å². The monoisotopic (exact) mass is 1000 g/mol. The fourth-order valence-corrected chi connectivity index (χ4v) is 16.5. The maximum Gasteiger partial charge on any atom is 0.160 e. The van der Waals surface area contributed by atoms with Crippen LogP contribution in [0.15, 0.2) is 131 Å². The van der Waals surface area contributed by atoms with Gasteiger partial charge in [0.25, 0.3) is 0 Å². The number of thiophene rings is 2. The van der Waals surface area contributed by atoms with Crippen LogP contribution in [0, 0.1) is 0 Å². The van der Waals surface area contributed by atoms with Crippen molar-refractivity contribution in [1.82, 2.24) is 0 Å². The molecule has 1 atom stereocenters. The number of aldehydes is 1. The van der Waals surface area contributed by atoms with Crippen LogP contribution in [0.4, 0.5) is 17.1 Å². The zero-order valence-electron chi connectivity index (χ0n) is 39.8. The van der Waals surface area contributed by atoms with Crippen LogP contribution in [-0.2, 0) is 10.8 Å². The molecular formula is C61H64BrNOS3. The molecule has 0 bridgehead atoms. The number of fused-ring (bicyclic) bond motifs is 5. The van der Waals surface area contributed by atoms with E-state index in [0.717, 1.165) is 30.4 Å². The first-order valence-electron chi connectivity index (χ1n) is 25.3. The van der Waals surface area contributed by atoms with Gasteiger partial charge in [0.15, 0.2) is 6.29 Å². The Balaban J connectivity index is 1.07. The number of unbranched alkanes of at least 4 members (excludes halogenated alkanes) is 4. The van der Waals surface area contributed by atoms with Crippen LogP contribution in [0.5, 0.6) is 0 Å². The van der Waals surface area contributed by atoms with E-state index >= 15 is 0 Å². The van der Waals surface area contributed by atoms with Gasteiger partial charge in [0.1, 0.15) is 0 Å². The van der Waals surface area contributed by atoms with E-state index in [0.29, 0.717) is 5.25 Å². The van der Waals surface area contributed by atoms with Gasteiger partial charge in [0.05, 0.1) is 4.88 Å². The summed E-state index contributed by atoms with van der Waals surface area (Å²) in [5, 5.41) is 0.351. The van der Waals surface area contributed by atoms with Gasteiger partial charge >= 0.3 is 0 Å². The normalized spacial score (nSPS) is 17.3. The lowest BCUT2D eigenvalue weighted by molar-refractivity contribution is 0.112. The molecule has 0 saturated carbocycles. The molecule has 4 aliphatic rings. The van der Waals surface area contributed by atoms with E-state index in [1.807, 2.05) is 29.2 Å². The second kappa shape index (κ2) is 20.0. The van der Waals surface area contributed by atoms with Crippen molar-refractivity contribution in [2.24, 2.45) is 0 Å². The van der Waals surface area contributed by atoms with Crippen molar-refractivity contribution in [3.63, 3.8) is 0 Å². The van der Waals surface area contributed by atoms with Crippen LogP contribution >= 0.6 is 50.4 Å². The highest BCUT2D eigenvalue weighted by molar-refractivity contribution is 9.10. The second-order valence-electron chi connectivity index (χ2n) is 19.4. The average Bonchev–Trinajstić information content (AvgIpc) is 4.21. The second-order valence-corrected chi connectivity index (χ2v) is 23.7. The van der Waals surface area contributed by atoms with Gasteiger partial charge in [-0.25, -0.2) is 0 Å². The molecule has 4 aromatic carbocycles. The quantitative estimate of drug-likeness (QED) is 0.0754. The number of nitrogens with zero attached hydrogens (tertiary/aromatic N) is 1. The first kappa shape index (κ1) is 46.5. The minimum atomic E-state index is 0.00651. The Morgan fingerprint density at radius 3 is 1.96 bits per heavy atom. The zero-order chi connectivity index (χ0) is 46.1. The van der Waals surface area contributed by atoms with Crippen molar-refractivity contribution in [3.8, 4) is 21.6 Å². The molecule has 1 unspecified atom stereocenters. The topological polar surface area (TPSA) is 20.3 Å². The molecule has 0 spiro atoms. The van der Waals surface area contributed by atoms with Gasteiger partial charge in [0, 0.05) is 57.2 Å². The van der Waals surface area contributed by atoms with Crippen molar-refractivity contribution in [2.75, 3.05) is 4.90 Å². The number of halogens is 1. The molecule has 0 N–H and O–H groups in total. The van der Waals surface area contributed by atoms with E-state index in [1.54, 1.807) is 28.0 Å². The Kier molecular flexibility index (Phi) is 13.9. The van der Waals surface area contributed by atoms with E-state index in [-0.39, 0.29) is 10.8 Å². The minimum Gasteiger partial charge on any atom is -0.310 e. The summed E-state index contributed by atoms with van der Waals surface area (Å²) in [4.78, 5) is 19.9. The van der Waals surface area contributed by atoms with Gasteiger partial charge < -0.3 is 4.90 Å². The Bertz CT molecular complexity index is 2860. The standard InChI is InChI=1S/C61H64BrNOS3/c1-5-9-33-60(34-10-6-2)50-19-15-13-17-46(50)48-28-25-43(37-52(48)60)63(44-26-29-49-47-18-14-16-20-51(47)61(35-11-7-3,36-12-8-4)53(49)38-44)42-23-21-41(22-24-42)58-39-54(62)59(67-58)57-32-31-56(66-57)55-30-27-45(40-64)65-55/h13,15-17,19-31,37-40,57H,5-12,14,18,32-36H2,1-4H3. The predicted molar refractivity (Wildman–Crippen MR) is 296 cm³/mol. The Morgan fingerprint density at radius 2 is 1.28 bits per heavy atom. The van der Waals surface area contributed by atoms with Crippen molar-refractivity contribution in [3.05, 3.63) is 168 Å². The zero-order valence-corrected chi connectivity index (χ0v) is 43.8. The number of allylic oxidation sites excluding steroid dienone is 5. The molecule has 3 aliphatic carbocycles. The van der Waals surface area contributed by atoms with Crippen molar-refractivity contribution in [1.29, 1.82) is 0 Å². The largest absolute Gasteiger partial charge is 0.310 e. The van der Waals surface area contributed by atoms with E-state index < -0.39 is 0 Å². The molecule has 6 heteroatoms. The summed E-state index contributed by atoms with van der Waals surface area (Å²) in [5.74, 6) is 0. The lowest BCUT2D eigenvalue weighted by Crippen LogP contribution is -2.27. The molecule has 0 fully saturated rings. The molecule has 344 valence electrons. The Labute approximate surface area is 420 Å². The van der Waals surface area contributed by atoms with Gasteiger partial charge in [0.2, 0.25) is 0 Å². The number of carbonyl (C=O) groups is 1. The molecule has 0 saturated heterocycles. The highest BCUT2D eigenvalue weighted by Gasteiger charge is 2.45. The van der Waals surface area contributed by atoms with E-state index in [1.165, 1.54) is 152 Å². The average molecular weight is 1000 g/mol. The van der Waals surface area contributed by atoms with Gasteiger partial charge in [-0.2, -0.15) is 0 Å². The Hall–Kier alpha value is -4.20. The third-order valence-corrected chi connectivity index (χ3v) is 20.2. The number of carbonyl (C=O) groups excluding carboxylic acids is 1. The van der Waals surface area contributed by atoms with Crippen LogP contribution in [0.2, 0.25) is 0 Å². The SMILES string of the molecule is CCCCC1(CCCC)C2=C(CCC=C2)c2ccc(N(c3ccc(-c4cc(Br)c(C5CC=C(c6ccc(C=O)s6)S5)s4)cc3)c3ccc4c(c3)C(CCCC)(CCCC)c3ccccc3-4)cc21. The van der Waals surface area contributed by atoms with Crippen LogP contribution in [-0.4, -0.2) is 6.29 Å². The van der Waals surface area contributed by atoms with Crippen molar-refractivity contribution in [2.45, 2.75) is 140 Å². The fourth-order valence-electron chi connectivity index (χ4n) is 12.0. The third kappa shape index (κ3) is 8.44. The highest BCUT2D eigenvalue weighted by atomic mass is 79.9. The number of anilines is 3. The number of benzene rings is 4. The van der Waals surface area contributed by atoms with Crippen LogP contribution in [0.1, 0.15) is 171 Å². The third-order valence-electron chi connectivity index (χ3n) is 15.3. The number of hydrogen-bond acceptors (Lipinski definition) is 5. The molecule has 0 radical (unpaired) electrons. The molecule has 67 heavy (non-hydrogen) atoms. The van der Waals surface area contributed by atoms with Crippen LogP contribution in [0.3, 0.4) is 0 Å². The molecule has 0 amide bonds. The van der Waals surface area contributed by atoms with Gasteiger partial charge in [-0.05, 0) is 166 Å². The molecule has 6 aromatic rings. The molecular weight excluding hydrogens is 939 g/mol. The van der Waals surface area contributed by atoms with Crippen LogP contribution in [0.25, 0.3) is 32.0 Å². The summed E-state index contributed by atoms with van der Waals surface area (Å²) in [5.41, 5.74) is 17.1. The smallest absolute Gasteiger partial charge is 0.160 e.